The van der Waals surface area contributed by atoms with E-state index in [2.05, 4.69) is 6.07 Å². The van der Waals surface area contributed by atoms with E-state index in [1.54, 1.807) is 25.1 Å². The minimum atomic E-state index is -1.15. The van der Waals surface area contributed by atoms with Gasteiger partial charge in [0.05, 0.1) is 11.6 Å². The van der Waals surface area contributed by atoms with Crippen LogP contribution in [0.1, 0.15) is 23.6 Å². The Hall–Kier alpha value is -2.63. The summed E-state index contributed by atoms with van der Waals surface area (Å²) in [5, 5.41) is 22.2. The zero-order valence-corrected chi connectivity index (χ0v) is 11.7. The van der Waals surface area contributed by atoms with Crippen molar-refractivity contribution >= 4 is 10.8 Å². The number of hydrogen-bond donors (Lipinski definition) is 1. The first kappa shape index (κ1) is 13.4. The summed E-state index contributed by atoms with van der Waals surface area (Å²) >= 11 is 0. The van der Waals surface area contributed by atoms with Gasteiger partial charge in [-0.05, 0) is 41.0 Å². The zero-order valence-electron chi connectivity index (χ0n) is 11.7. The summed E-state index contributed by atoms with van der Waals surface area (Å²) in [5.74, 6) is 0. The second-order valence-corrected chi connectivity index (χ2v) is 5.29. The second kappa shape index (κ2) is 5.05. The van der Waals surface area contributed by atoms with Crippen molar-refractivity contribution in [3.8, 4) is 6.07 Å². The molecule has 0 saturated carbocycles. The predicted molar refractivity (Wildman–Crippen MR) is 83.8 cm³/mol. The molecule has 1 N–H and O–H groups in total. The Labute approximate surface area is 123 Å². The van der Waals surface area contributed by atoms with E-state index >= 15 is 0 Å². The first-order valence-corrected chi connectivity index (χ1v) is 6.84. The second-order valence-electron chi connectivity index (χ2n) is 5.29. The van der Waals surface area contributed by atoms with Crippen molar-refractivity contribution in [1.82, 2.24) is 0 Å². The zero-order chi connectivity index (χ0) is 14.9. The van der Waals surface area contributed by atoms with Crippen molar-refractivity contribution in [2.24, 2.45) is 0 Å². The molecule has 0 heterocycles. The Morgan fingerprint density at radius 3 is 2.48 bits per heavy atom. The summed E-state index contributed by atoms with van der Waals surface area (Å²) in [6.45, 7) is 1.77. The Kier molecular flexibility index (Phi) is 3.21. The van der Waals surface area contributed by atoms with Gasteiger partial charge < -0.3 is 5.11 Å². The van der Waals surface area contributed by atoms with Gasteiger partial charge >= 0.3 is 0 Å². The minimum Gasteiger partial charge on any atom is -0.381 e. The number of benzene rings is 3. The van der Waals surface area contributed by atoms with Gasteiger partial charge in [0.25, 0.3) is 0 Å². The molecule has 0 aromatic heterocycles. The molecule has 0 bridgehead atoms. The van der Waals surface area contributed by atoms with Gasteiger partial charge in [0.1, 0.15) is 5.60 Å². The first-order chi connectivity index (χ1) is 10.1. The maximum Gasteiger partial charge on any atom is 0.112 e. The molecule has 102 valence electrons. The fourth-order valence-corrected chi connectivity index (χ4v) is 2.70. The highest BCUT2D eigenvalue weighted by molar-refractivity contribution is 5.86. The van der Waals surface area contributed by atoms with Crippen LogP contribution in [0.15, 0.2) is 66.7 Å². The standard InChI is InChI=1S/C19H15NO/c1-19(21,16-9-4-6-14(12-16)13-20)18-11-5-8-15-7-2-3-10-17(15)18/h2-12,21H,1H3. The Morgan fingerprint density at radius 2 is 1.67 bits per heavy atom. The average molecular weight is 273 g/mol. The SMILES string of the molecule is CC(O)(c1cccc(C#N)c1)c1cccc2ccccc12. The Balaban J connectivity index is 2.22. The van der Waals surface area contributed by atoms with Crippen LogP contribution >= 0.6 is 0 Å². The van der Waals surface area contributed by atoms with E-state index in [9.17, 15) is 5.11 Å². The van der Waals surface area contributed by atoms with Crippen molar-refractivity contribution in [2.75, 3.05) is 0 Å². The molecule has 0 aliphatic rings. The number of fused-ring (bicyclic) bond motifs is 1. The van der Waals surface area contributed by atoms with E-state index < -0.39 is 5.60 Å². The van der Waals surface area contributed by atoms with Crippen LogP contribution in [0.2, 0.25) is 0 Å². The molecule has 3 aromatic rings. The van der Waals surface area contributed by atoms with Gasteiger partial charge in [-0.25, -0.2) is 0 Å². The number of rotatable bonds is 2. The van der Waals surface area contributed by atoms with Crippen LogP contribution < -0.4 is 0 Å². The van der Waals surface area contributed by atoms with Crippen molar-refractivity contribution < 1.29 is 5.11 Å². The smallest absolute Gasteiger partial charge is 0.112 e. The molecule has 2 nitrogen and oxygen atoms in total. The van der Waals surface area contributed by atoms with E-state index in [1.807, 2.05) is 48.5 Å². The lowest BCUT2D eigenvalue weighted by Gasteiger charge is -2.26. The molecule has 3 aromatic carbocycles. The molecule has 0 aliphatic carbocycles. The van der Waals surface area contributed by atoms with Crippen molar-refractivity contribution in [2.45, 2.75) is 12.5 Å². The van der Waals surface area contributed by atoms with Gasteiger partial charge in [0, 0.05) is 0 Å². The quantitative estimate of drug-likeness (QED) is 0.768. The largest absolute Gasteiger partial charge is 0.381 e. The highest BCUT2D eigenvalue weighted by atomic mass is 16.3. The molecule has 1 unspecified atom stereocenters. The Morgan fingerprint density at radius 1 is 0.952 bits per heavy atom. The number of nitriles is 1. The lowest BCUT2D eigenvalue weighted by Crippen LogP contribution is -2.23. The molecular weight excluding hydrogens is 258 g/mol. The van der Waals surface area contributed by atoms with Crippen molar-refractivity contribution in [3.05, 3.63) is 83.4 Å². The molecule has 0 spiro atoms. The van der Waals surface area contributed by atoms with Gasteiger partial charge in [-0.1, -0.05) is 54.6 Å². The molecule has 0 aliphatic heterocycles. The molecule has 0 radical (unpaired) electrons. The summed E-state index contributed by atoms with van der Waals surface area (Å²) in [7, 11) is 0. The van der Waals surface area contributed by atoms with Gasteiger partial charge in [0.15, 0.2) is 0 Å². The lowest BCUT2D eigenvalue weighted by atomic mass is 9.84. The molecule has 21 heavy (non-hydrogen) atoms. The molecule has 2 heteroatoms. The maximum absolute atomic E-state index is 11.1. The van der Waals surface area contributed by atoms with E-state index in [4.69, 9.17) is 5.26 Å². The van der Waals surface area contributed by atoms with Crippen LogP contribution in [0.3, 0.4) is 0 Å². The molecule has 3 rings (SSSR count). The van der Waals surface area contributed by atoms with Crippen LogP contribution in [0.5, 0.6) is 0 Å². The summed E-state index contributed by atoms with van der Waals surface area (Å²) in [5.41, 5.74) is 0.967. The number of hydrogen-bond acceptors (Lipinski definition) is 2. The fraction of sp³-hybridized carbons (Fsp3) is 0.105. The third-order valence-corrected chi connectivity index (χ3v) is 3.87. The maximum atomic E-state index is 11.1. The summed E-state index contributed by atoms with van der Waals surface area (Å²) in [4.78, 5) is 0. The van der Waals surface area contributed by atoms with Crippen LogP contribution in [0.25, 0.3) is 10.8 Å². The van der Waals surface area contributed by atoms with Crippen LogP contribution in [-0.2, 0) is 5.60 Å². The van der Waals surface area contributed by atoms with Gasteiger partial charge in [-0.2, -0.15) is 5.26 Å². The van der Waals surface area contributed by atoms with E-state index in [0.29, 0.717) is 5.56 Å². The minimum absolute atomic E-state index is 0.549. The monoisotopic (exact) mass is 273 g/mol. The van der Waals surface area contributed by atoms with E-state index in [1.165, 1.54) is 0 Å². The summed E-state index contributed by atoms with van der Waals surface area (Å²) in [6.07, 6.45) is 0. The molecular formula is C19H15NO. The Bertz CT molecular complexity index is 838. The van der Waals surface area contributed by atoms with Gasteiger partial charge in [-0.15, -0.1) is 0 Å². The van der Waals surface area contributed by atoms with Crippen LogP contribution in [0, 0.1) is 11.3 Å². The normalized spacial score (nSPS) is 13.6. The van der Waals surface area contributed by atoms with E-state index in [-0.39, 0.29) is 0 Å². The summed E-state index contributed by atoms with van der Waals surface area (Å²) < 4.78 is 0. The lowest BCUT2D eigenvalue weighted by molar-refractivity contribution is 0.104. The van der Waals surface area contributed by atoms with Crippen molar-refractivity contribution in [3.63, 3.8) is 0 Å². The van der Waals surface area contributed by atoms with E-state index in [0.717, 1.165) is 21.9 Å². The van der Waals surface area contributed by atoms with Crippen LogP contribution in [0.4, 0.5) is 0 Å². The van der Waals surface area contributed by atoms with Crippen LogP contribution in [-0.4, -0.2) is 5.11 Å². The number of nitrogens with zero attached hydrogens (tertiary/aromatic N) is 1. The molecule has 0 amide bonds. The molecule has 1 atom stereocenters. The van der Waals surface area contributed by atoms with Gasteiger partial charge in [-0.3, -0.25) is 0 Å². The molecule has 0 fully saturated rings. The topological polar surface area (TPSA) is 44.0 Å². The fourth-order valence-electron chi connectivity index (χ4n) is 2.70. The molecule has 0 saturated heterocycles. The highest BCUT2D eigenvalue weighted by Crippen LogP contribution is 2.34. The third kappa shape index (κ3) is 2.29. The highest BCUT2D eigenvalue weighted by Gasteiger charge is 2.27. The average Bonchev–Trinajstić information content (AvgIpc) is 2.54. The third-order valence-electron chi connectivity index (χ3n) is 3.87. The van der Waals surface area contributed by atoms with Crippen molar-refractivity contribution in [1.29, 1.82) is 5.26 Å². The predicted octanol–water partition coefficient (Wildman–Crippen LogP) is 3.97. The summed E-state index contributed by atoms with van der Waals surface area (Å²) in [6, 6.07) is 23.1. The number of aliphatic hydroxyl groups is 1. The first-order valence-electron chi connectivity index (χ1n) is 6.84. The van der Waals surface area contributed by atoms with Gasteiger partial charge in [0.2, 0.25) is 0 Å².